The largest absolute Gasteiger partial charge is 0.352 e. The van der Waals surface area contributed by atoms with Crippen LogP contribution in [0.1, 0.15) is 50.3 Å². The van der Waals surface area contributed by atoms with Gasteiger partial charge >= 0.3 is 0 Å². The Hall–Kier alpha value is -2.34. The summed E-state index contributed by atoms with van der Waals surface area (Å²) in [6.07, 6.45) is 1.33. The summed E-state index contributed by atoms with van der Waals surface area (Å²) in [6, 6.07) is 13.8. The van der Waals surface area contributed by atoms with Crippen molar-refractivity contribution in [3.8, 4) is 0 Å². The third kappa shape index (κ3) is 8.02. The van der Waals surface area contributed by atoms with Crippen molar-refractivity contribution >= 4 is 23.6 Å². The highest BCUT2D eigenvalue weighted by molar-refractivity contribution is 7.99. The third-order valence-electron chi connectivity index (χ3n) is 5.27. The van der Waals surface area contributed by atoms with Crippen LogP contribution in [0.3, 0.4) is 0 Å². The molecule has 0 aromatic heterocycles. The number of hydrogen-bond acceptors (Lipinski definition) is 3. The number of benzene rings is 2. The molecule has 0 spiro atoms. The Morgan fingerprint density at radius 2 is 1.61 bits per heavy atom. The number of halogens is 1. The van der Waals surface area contributed by atoms with Gasteiger partial charge in [-0.2, -0.15) is 0 Å². The standard InChI is InChI=1S/C25H33FN2O2S/c1-5-19(4)27-25(30)23(6-2)28(15-20-11-13-22(26)14-12-20)24(29)17-31-16-21-9-7-18(3)8-10-21/h7-14,19,23H,5-6,15-17H2,1-4H3,(H,27,30)/t19-,23+/m1/s1. The van der Waals surface area contributed by atoms with Crippen LogP contribution < -0.4 is 5.32 Å². The summed E-state index contributed by atoms with van der Waals surface area (Å²) < 4.78 is 13.3. The molecule has 0 fully saturated rings. The van der Waals surface area contributed by atoms with Gasteiger partial charge in [0, 0.05) is 18.3 Å². The lowest BCUT2D eigenvalue weighted by atomic mass is 10.1. The predicted octanol–water partition coefficient (Wildman–Crippen LogP) is 5.09. The van der Waals surface area contributed by atoms with Gasteiger partial charge in [0.2, 0.25) is 11.8 Å². The van der Waals surface area contributed by atoms with Crippen LogP contribution in [0.4, 0.5) is 4.39 Å². The molecule has 4 nitrogen and oxygen atoms in total. The van der Waals surface area contributed by atoms with Crippen molar-refractivity contribution in [3.05, 3.63) is 71.0 Å². The number of thioether (sulfide) groups is 1. The smallest absolute Gasteiger partial charge is 0.243 e. The summed E-state index contributed by atoms with van der Waals surface area (Å²) in [6.45, 7) is 8.19. The van der Waals surface area contributed by atoms with Gasteiger partial charge in [-0.25, -0.2) is 4.39 Å². The molecule has 0 saturated carbocycles. The zero-order chi connectivity index (χ0) is 22.8. The van der Waals surface area contributed by atoms with E-state index >= 15 is 0 Å². The molecule has 2 atom stereocenters. The zero-order valence-electron chi connectivity index (χ0n) is 18.9. The molecule has 0 unspecified atom stereocenters. The fraction of sp³-hybridized carbons (Fsp3) is 0.440. The number of aryl methyl sites for hydroxylation is 1. The topological polar surface area (TPSA) is 49.4 Å². The second-order valence-electron chi connectivity index (χ2n) is 7.87. The summed E-state index contributed by atoms with van der Waals surface area (Å²) in [7, 11) is 0. The first kappa shape index (κ1) is 24.9. The number of carbonyl (C=O) groups excluding carboxylic acids is 2. The minimum absolute atomic E-state index is 0.0419. The molecule has 2 rings (SSSR count). The van der Waals surface area contributed by atoms with E-state index in [1.54, 1.807) is 17.0 Å². The molecule has 31 heavy (non-hydrogen) atoms. The van der Waals surface area contributed by atoms with Gasteiger partial charge in [0.1, 0.15) is 11.9 Å². The van der Waals surface area contributed by atoms with E-state index in [0.29, 0.717) is 6.42 Å². The van der Waals surface area contributed by atoms with E-state index in [9.17, 15) is 14.0 Å². The Morgan fingerprint density at radius 3 is 2.19 bits per heavy atom. The number of rotatable bonds is 11. The maximum Gasteiger partial charge on any atom is 0.243 e. The van der Waals surface area contributed by atoms with Crippen molar-refractivity contribution in [2.45, 2.75) is 64.9 Å². The van der Waals surface area contributed by atoms with Crippen molar-refractivity contribution in [2.24, 2.45) is 0 Å². The van der Waals surface area contributed by atoms with Crippen LogP contribution in [0.5, 0.6) is 0 Å². The second kappa shape index (κ2) is 12.5. The molecule has 0 bridgehead atoms. The lowest BCUT2D eigenvalue weighted by Gasteiger charge is -2.31. The zero-order valence-corrected chi connectivity index (χ0v) is 19.7. The van der Waals surface area contributed by atoms with Gasteiger partial charge in [-0.3, -0.25) is 9.59 Å². The average molecular weight is 445 g/mol. The molecule has 2 aromatic carbocycles. The molecule has 1 N–H and O–H groups in total. The Morgan fingerprint density at radius 1 is 1.00 bits per heavy atom. The van der Waals surface area contributed by atoms with Crippen LogP contribution in [0.25, 0.3) is 0 Å². The van der Waals surface area contributed by atoms with Crippen molar-refractivity contribution in [3.63, 3.8) is 0 Å². The maximum atomic E-state index is 13.3. The first-order valence-electron chi connectivity index (χ1n) is 10.8. The molecular formula is C25H33FN2O2S. The molecule has 2 amide bonds. The van der Waals surface area contributed by atoms with Crippen molar-refractivity contribution < 1.29 is 14.0 Å². The highest BCUT2D eigenvalue weighted by Crippen LogP contribution is 2.18. The van der Waals surface area contributed by atoms with Gasteiger partial charge in [0.05, 0.1) is 5.75 Å². The van der Waals surface area contributed by atoms with Gasteiger partial charge in [0.25, 0.3) is 0 Å². The number of hydrogen-bond donors (Lipinski definition) is 1. The molecule has 0 radical (unpaired) electrons. The fourth-order valence-corrected chi connectivity index (χ4v) is 4.04. The van der Waals surface area contributed by atoms with Gasteiger partial charge in [-0.1, -0.05) is 55.8 Å². The molecule has 0 saturated heterocycles. The van der Waals surface area contributed by atoms with Crippen LogP contribution in [-0.4, -0.2) is 34.6 Å². The molecule has 168 valence electrons. The maximum absolute atomic E-state index is 13.3. The number of amides is 2. The van der Waals surface area contributed by atoms with Gasteiger partial charge in [0.15, 0.2) is 0 Å². The molecule has 0 aliphatic carbocycles. The van der Waals surface area contributed by atoms with Gasteiger partial charge < -0.3 is 10.2 Å². The van der Waals surface area contributed by atoms with E-state index in [0.717, 1.165) is 23.3 Å². The van der Waals surface area contributed by atoms with Crippen LogP contribution >= 0.6 is 11.8 Å². The first-order valence-corrected chi connectivity index (χ1v) is 12.0. The van der Waals surface area contributed by atoms with Crippen LogP contribution in [0, 0.1) is 12.7 Å². The quantitative estimate of drug-likeness (QED) is 0.525. The van der Waals surface area contributed by atoms with Crippen LogP contribution in [-0.2, 0) is 21.9 Å². The van der Waals surface area contributed by atoms with E-state index in [2.05, 4.69) is 29.6 Å². The minimum atomic E-state index is -0.563. The first-order chi connectivity index (χ1) is 14.8. The molecule has 6 heteroatoms. The predicted molar refractivity (Wildman–Crippen MR) is 126 cm³/mol. The summed E-state index contributed by atoms with van der Waals surface area (Å²) in [4.78, 5) is 27.7. The van der Waals surface area contributed by atoms with Crippen molar-refractivity contribution in [1.29, 1.82) is 0 Å². The van der Waals surface area contributed by atoms with E-state index < -0.39 is 6.04 Å². The number of nitrogens with one attached hydrogen (secondary N) is 1. The molecule has 2 aromatic rings. The molecule has 0 aliphatic rings. The molecular weight excluding hydrogens is 411 g/mol. The van der Waals surface area contributed by atoms with Gasteiger partial charge in [-0.15, -0.1) is 11.8 Å². The summed E-state index contributed by atoms with van der Waals surface area (Å²) in [5.41, 5.74) is 3.16. The van der Waals surface area contributed by atoms with E-state index in [1.807, 2.05) is 27.7 Å². The summed E-state index contributed by atoms with van der Waals surface area (Å²) in [5, 5.41) is 3.00. The Labute approximate surface area is 189 Å². The average Bonchev–Trinajstić information content (AvgIpc) is 2.76. The lowest BCUT2D eigenvalue weighted by Crippen LogP contribution is -2.51. The molecule has 0 aliphatic heterocycles. The summed E-state index contributed by atoms with van der Waals surface area (Å²) in [5.74, 6) is 0.453. The van der Waals surface area contributed by atoms with E-state index in [1.165, 1.54) is 29.5 Å². The minimum Gasteiger partial charge on any atom is -0.352 e. The Kier molecular flexibility index (Phi) is 10.0. The Balaban J connectivity index is 2.12. The van der Waals surface area contributed by atoms with E-state index in [4.69, 9.17) is 0 Å². The number of nitrogens with zero attached hydrogens (tertiary/aromatic N) is 1. The Bertz CT molecular complexity index is 840. The van der Waals surface area contributed by atoms with Crippen LogP contribution in [0.2, 0.25) is 0 Å². The van der Waals surface area contributed by atoms with E-state index in [-0.39, 0.29) is 36.0 Å². The highest BCUT2D eigenvalue weighted by atomic mass is 32.2. The SMILES string of the molecule is CC[C@@H](C)NC(=O)[C@H](CC)N(Cc1ccc(F)cc1)C(=O)CSCc1ccc(C)cc1. The highest BCUT2D eigenvalue weighted by Gasteiger charge is 2.29. The molecule has 0 heterocycles. The van der Waals surface area contributed by atoms with Crippen LogP contribution in [0.15, 0.2) is 48.5 Å². The van der Waals surface area contributed by atoms with Crippen molar-refractivity contribution in [2.75, 3.05) is 5.75 Å². The third-order valence-corrected chi connectivity index (χ3v) is 6.26. The normalized spacial score (nSPS) is 12.8. The number of carbonyl (C=O) groups is 2. The summed E-state index contributed by atoms with van der Waals surface area (Å²) >= 11 is 1.54. The van der Waals surface area contributed by atoms with Crippen molar-refractivity contribution in [1.82, 2.24) is 10.2 Å². The van der Waals surface area contributed by atoms with Gasteiger partial charge in [-0.05, 0) is 49.9 Å². The second-order valence-corrected chi connectivity index (χ2v) is 8.85. The lowest BCUT2D eigenvalue weighted by molar-refractivity contribution is -0.139. The fourth-order valence-electron chi connectivity index (χ4n) is 3.17. The monoisotopic (exact) mass is 444 g/mol.